The van der Waals surface area contributed by atoms with Gasteiger partial charge >= 0.3 is 0 Å². The number of aromatic nitrogens is 2. The van der Waals surface area contributed by atoms with E-state index in [2.05, 4.69) is 37.2 Å². The molecule has 1 heterocycles. The molecule has 2 nitrogen and oxygen atoms in total. The van der Waals surface area contributed by atoms with Crippen molar-refractivity contribution in [3.63, 3.8) is 0 Å². The van der Waals surface area contributed by atoms with Gasteiger partial charge in [0.05, 0.1) is 22.8 Å². The van der Waals surface area contributed by atoms with Crippen LogP contribution in [0.2, 0.25) is 0 Å². The van der Waals surface area contributed by atoms with Gasteiger partial charge in [0.2, 0.25) is 0 Å². The molecule has 0 aliphatic heterocycles. The summed E-state index contributed by atoms with van der Waals surface area (Å²) in [4.78, 5) is 9.39. The van der Waals surface area contributed by atoms with Gasteiger partial charge in [-0.1, -0.05) is 31.4 Å². The molecule has 0 atom stereocenters. The molecule has 0 amide bonds. The van der Waals surface area contributed by atoms with Crippen LogP contribution < -0.4 is 0 Å². The Hall–Kier alpha value is -2.22. The molecular weight excluding hydrogens is 232 g/mol. The number of nitrogens with zero attached hydrogens (tertiary/aromatic N) is 2. The van der Waals surface area contributed by atoms with Crippen LogP contribution >= 0.6 is 0 Å². The molecule has 19 heavy (non-hydrogen) atoms. The van der Waals surface area contributed by atoms with Crippen LogP contribution in [0.4, 0.5) is 0 Å². The molecule has 0 bridgehead atoms. The molecule has 0 unspecified atom stereocenters. The predicted molar refractivity (Wildman–Crippen MR) is 79.9 cm³/mol. The lowest BCUT2D eigenvalue weighted by atomic mass is 9.96. The van der Waals surface area contributed by atoms with Gasteiger partial charge in [-0.2, -0.15) is 0 Å². The van der Waals surface area contributed by atoms with Gasteiger partial charge in [0.1, 0.15) is 0 Å². The highest BCUT2D eigenvalue weighted by atomic mass is 14.9. The maximum absolute atomic E-state index is 4.72. The second-order valence-electron chi connectivity index (χ2n) is 5.00. The number of hydrogen-bond donors (Lipinski definition) is 0. The normalized spacial score (nSPS) is 12.3. The largest absolute Gasteiger partial charge is 0.249 e. The van der Waals surface area contributed by atoms with Gasteiger partial charge < -0.3 is 0 Å². The van der Waals surface area contributed by atoms with Crippen molar-refractivity contribution in [3.05, 3.63) is 59.1 Å². The molecule has 3 rings (SSSR count). The highest BCUT2D eigenvalue weighted by Gasteiger charge is 2.28. The van der Waals surface area contributed by atoms with E-state index in [9.17, 15) is 0 Å². The average Bonchev–Trinajstić information content (AvgIpc) is 2.66. The van der Waals surface area contributed by atoms with Gasteiger partial charge in [0, 0.05) is 16.7 Å². The van der Waals surface area contributed by atoms with Crippen LogP contribution in [0, 0.1) is 20.8 Å². The van der Waals surface area contributed by atoms with E-state index in [1.165, 1.54) is 5.56 Å². The topological polar surface area (TPSA) is 25.8 Å². The summed E-state index contributed by atoms with van der Waals surface area (Å²) in [6, 6.07) is 4.19. The zero-order valence-corrected chi connectivity index (χ0v) is 11.5. The van der Waals surface area contributed by atoms with Crippen molar-refractivity contribution >= 4 is 11.6 Å². The fourth-order valence-corrected chi connectivity index (χ4v) is 2.63. The first-order valence-corrected chi connectivity index (χ1v) is 6.36. The van der Waals surface area contributed by atoms with Crippen LogP contribution in [0.25, 0.3) is 22.9 Å². The van der Waals surface area contributed by atoms with Crippen molar-refractivity contribution in [2.45, 2.75) is 20.8 Å². The average molecular weight is 248 g/mol. The molecule has 1 aromatic carbocycles. The Morgan fingerprint density at radius 1 is 0.947 bits per heavy atom. The van der Waals surface area contributed by atoms with E-state index >= 15 is 0 Å². The minimum atomic E-state index is 0.913. The molecule has 0 saturated carbocycles. The minimum absolute atomic E-state index is 0.913. The number of aryl methyl sites for hydroxylation is 3. The summed E-state index contributed by atoms with van der Waals surface area (Å²) in [5, 5.41) is 0. The Morgan fingerprint density at radius 3 is 2.21 bits per heavy atom. The standard InChI is InChI=1S/C17H16N2/c1-6-13-8-7-9(2)14-15(13)10(3)16-17(14)19-12(5)11(4)18-16/h6-8H,1,3H2,2,4-5H3. The van der Waals surface area contributed by atoms with Crippen LogP contribution in [0.5, 0.6) is 0 Å². The minimum Gasteiger partial charge on any atom is -0.249 e. The molecule has 1 aromatic heterocycles. The number of rotatable bonds is 1. The van der Waals surface area contributed by atoms with Crippen LogP contribution in [0.1, 0.15) is 33.8 Å². The zero-order valence-electron chi connectivity index (χ0n) is 11.5. The highest BCUT2D eigenvalue weighted by Crippen LogP contribution is 2.45. The van der Waals surface area contributed by atoms with Crippen molar-refractivity contribution in [2.75, 3.05) is 0 Å². The van der Waals surface area contributed by atoms with E-state index in [1.807, 2.05) is 19.9 Å². The maximum Gasteiger partial charge on any atom is 0.0977 e. The summed E-state index contributed by atoms with van der Waals surface area (Å²) in [5.74, 6) is 0. The van der Waals surface area contributed by atoms with Gasteiger partial charge in [-0.15, -0.1) is 0 Å². The lowest BCUT2D eigenvalue weighted by Gasteiger charge is -2.08. The first-order valence-electron chi connectivity index (χ1n) is 6.36. The van der Waals surface area contributed by atoms with Crippen LogP contribution in [-0.4, -0.2) is 9.97 Å². The first-order chi connectivity index (χ1) is 9.04. The first kappa shape index (κ1) is 11.8. The third-order valence-electron chi connectivity index (χ3n) is 3.80. The highest BCUT2D eigenvalue weighted by molar-refractivity contribution is 6.01. The van der Waals surface area contributed by atoms with Gasteiger partial charge in [0.15, 0.2) is 0 Å². The van der Waals surface area contributed by atoms with Crippen LogP contribution in [0.3, 0.4) is 0 Å². The molecule has 1 aliphatic rings. The SMILES string of the molecule is C=Cc1ccc(C)c2c1C(=C)c1nc(C)c(C)nc1-2. The molecule has 0 fully saturated rings. The molecule has 2 aromatic rings. The third-order valence-corrected chi connectivity index (χ3v) is 3.80. The summed E-state index contributed by atoms with van der Waals surface area (Å²) in [7, 11) is 0. The molecule has 2 heteroatoms. The number of benzene rings is 1. The lowest BCUT2D eigenvalue weighted by Crippen LogP contribution is -1.97. The van der Waals surface area contributed by atoms with Crippen molar-refractivity contribution in [1.82, 2.24) is 9.97 Å². The number of fused-ring (bicyclic) bond motifs is 3. The van der Waals surface area contributed by atoms with Gasteiger partial charge in [-0.3, -0.25) is 0 Å². The Balaban J connectivity index is 2.44. The molecule has 0 spiro atoms. The van der Waals surface area contributed by atoms with Gasteiger partial charge in [0.25, 0.3) is 0 Å². The quantitative estimate of drug-likeness (QED) is 0.648. The molecule has 0 radical (unpaired) electrons. The molecule has 0 N–H and O–H groups in total. The molecule has 1 aliphatic carbocycles. The van der Waals surface area contributed by atoms with Crippen LogP contribution in [-0.2, 0) is 0 Å². The lowest BCUT2D eigenvalue weighted by molar-refractivity contribution is 1.04. The van der Waals surface area contributed by atoms with E-state index in [-0.39, 0.29) is 0 Å². The van der Waals surface area contributed by atoms with E-state index < -0.39 is 0 Å². The van der Waals surface area contributed by atoms with Gasteiger partial charge in [-0.05, 0) is 31.9 Å². The fraction of sp³-hybridized carbons (Fsp3) is 0.176. The third kappa shape index (κ3) is 1.49. The maximum atomic E-state index is 4.72. The van der Waals surface area contributed by atoms with E-state index in [1.54, 1.807) is 0 Å². The smallest absolute Gasteiger partial charge is 0.0977 e. The molecule has 0 saturated heterocycles. The van der Waals surface area contributed by atoms with E-state index in [4.69, 9.17) is 4.98 Å². The number of hydrogen-bond acceptors (Lipinski definition) is 2. The Kier molecular flexibility index (Phi) is 2.42. The van der Waals surface area contributed by atoms with Crippen molar-refractivity contribution < 1.29 is 0 Å². The summed E-state index contributed by atoms with van der Waals surface area (Å²) in [6.45, 7) is 14.2. The second-order valence-corrected chi connectivity index (χ2v) is 5.00. The van der Waals surface area contributed by atoms with E-state index in [0.717, 1.165) is 45.0 Å². The Bertz CT molecular complexity index is 739. The summed E-state index contributed by atoms with van der Waals surface area (Å²) < 4.78 is 0. The summed E-state index contributed by atoms with van der Waals surface area (Å²) >= 11 is 0. The zero-order chi connectivity index (χ0) is 13.7. The van der Waals surface area contributed by atoms with Gasteiger partial charge in [-0.25, -0.2) is 9.97 Å². The second kappa shape index (κ2) is 3.89. The van der Waals surface area contributed by atoms with E-state index in [0.29, 0.717) is 0 Å². The molecule has 94 valence electrons. The van der Waals surface area contributed by atoms with Crippen LogP contribution in [0.15, 0.2) is 25.3 Å². The van der Waals surface area contributed by atoms with Crippen molar-refractivity contribution in [1.29, 1.82) is 0 Å². The Labute approximate surface area is 113 Å². The van der Waals surface area contributed by atoms with Crippen molar-refractivity contribution in [3.8, 4) is 11.3 Å². The summed E-state index contributed by atoms with van der Waals surface area (Å²) in [6.07, 6.45) is 1.87. The summed E-state index contributed by atoms with van der Waals surface area (Å²) in [5.41, 5.74) is 9.37. The molecular formula is C17H16N2. The van der Waals surface area contributed by atoms with Crippen molar-refractivity contribution in [2.24, 2.45) is 0 Å². The fourth-order valence-electron chi connectivity index (χ4n) is 2.63. The predicted octanol–water partition coefficient (Wildman–Crippen LogP) is 4.09. The monoisotopic (exact) mass is 248 g/mol. The Morgan fingerprint density at radius 2 is 1.58 bits per heavy atom.